The molecule has 296 valence electrons. The summed E-state index contributed by atoms with van der Waals surface area (Å²) >= 11 is 0. The molecule has 0 saturated carbocycles. The van der Waals surface area contributed by atoms with E-state index in [1.807, 2.05) is 0 Å². The largest absolute Gasteiger partial charge is 0.309 e. The van der Waals surface area contributed by atoms with Gasteiger partial charge < -0.3 is 9.13 Å². The van der Waals surface area contributed by atoms with E-state index in [9.17, 15) is 0 Å². The number of rotatable bonds is 8. The van der Waals surface area contributed by atoms with Gasteiger partial charge in [-0.05, 0) is 79.4 Å². The van der Waals surface area contributed by atoms with Gasteiger partial charge in [0.15, 0.2) is 8.07 Å². The molecule has 0 aliphatic carbocycles. The Morgan fingerprint density at radius 3 is 1.40 bits per heavy atom. The minimum absolute atomic E-state index is 1.14. The number of hydrogen-bond donors (Lipinski definition) is 0. The molecule has 2 heterocycles. The number of hydrogen-bond acceptors (Lipinski definition) is 0. The minimum atomic E-state index is -3.15. The van der Waals surface area contributed by atoms with E-state index in [1.165, 1.54) is 86.6 Å². The highest BCUT2D eigenvalue weighted by atomic mass is 28.3. The first-order valence-electron chi connectivity index (χ1n) is 21.8. The van der Waals surface area contributed by atoms with Gasteiger partial charge in [0, 0.05) is 27.2 Å². The Labute approximate surface area is 368 Å². The van der Waals surface area contributed by atoms with Crippen LogP contribution in [0, 0.1) is 0 Å². The Hall–Kier alpha value is -7.98. The quantitative estimate of drug-likeness (QED) is 0.107. The highest BCUT2D eigenvalue weighted by Crippen LogP contribution is 2.41. The molecule has 12 rings (SSSR count). The third-order valence-electron chi connectivity index (χ3n) is 13.0. The first kappa shape index (κ1) is 36.8. The predicted molar refractivity (Wildman–Crippen MR) is 270 cm³/mol. The van der Waals surface area contributed by atoms with Gasteiger partial charge in [-0.1, -0.05) is 218 Å². The third-order valence-corrected chi connectivity index (χ3v) is 17.9. The van der Waals surface area contributed by atoms with E-state index in [0.29, 0.717) is 0 Å². The zero-order valence-electron chi connectivity index (χ0n) is 34.6. The van der Waals surface area contributed by atoms with Crippen LogP contribution in [0.3, 0.4) is 0 Å². The number of fused-ring (bicyclic) bond motifs is 6. The Balaban J connectivity index is 1.28. The van der Waals surface area contributed by atoms with Crippen LogP contribution in [0.2, 0.25) is 0 Å². The van der Waals surface area contributed by atoms with Crippen molar-refractivity contribution in [3.05, 3.63) is 255 Å². The number of aromatic nitrogens is 2. The van der Waals surface area contributed by atoms with Crippen molar-refractivity contribution in [3.63, 3.8) is 0 Å². The highest BCUT2D eigenvalue weighted by Gasteiger charge is 2.45. The molecule has 0 fully saturated rings. The van der Waals surface area contributed by atoms with Gasteiger partial charge in [-0.15, -0.1) is 0 Å². The van der Waals surface area contributed by atoms with Gasteiger partial charge in [-0.25, -0.2) is 0 Å². The summed E-state index contributed by atoms with van der Waals surface area (Å²) < 4.78 is 5.09. The summed E-state index contributed by atoms with van der Waals surface area (Å²) in [7, 11) is -3.15. The smallest absolute Gasteiger partial charge is 0.182 e. The summed E-state index contributed by atoms with van der Waals surface area (Å²) in [4.78, 5) is 0. The Kier molecular flexibility index (Phi) is 8.87. The molecule has 0 N–H and O–H groups in total. The van der Waals surface area contributed by atoms with Gasteiger partial charge in [-0.2, -0.15) is 0 Å². The van der Waals surface area contributed by atoms with Crippen LogP contribution < -0.4 is 20.7 Å². The first-order valence-corrected chi connectivity index (χ1v) is 23.8. The second-order valence-corrected chi connectivity index (χ2v) is 20.1. The Bertz CT molecular complexity index is 3500. The van der Waals surface area contributed by atoms with Crippen molar-refractivity contribution in [3.8, 4) is 33.6 Å². The van der Waals surface area contributed by atoms with Gasteiger partial charge >= 0.3 is 0 Å². The average molecular weight is 819 g/mol. The molecular formula is C60H42N2Si. The van der Waals surface area contributed by atoms with Crippen molar-refractivity contribution in [1.29, 1.82) is 0 Å². The van der Waals surface area contributed by atoms with Gasteiger partial charge in [0.2, 0.25) is 0 Å². The maximum atomic E-state index is 2.63. The zero-order chi connectivity index (χ0) is 41.7. The fourth-order valence-corrected chi connectivity index (χ4v) is 15.6. The second-order valence-electron chi connectivity index (χ2n) is 16.4. The minimum Gasteiger partial charge on any atom is -0.309 e. The van der Waals surface area contributed by atoms with Crippen molar-refractivity contribution in [1.82, 2.24) is 9.13 Å². The number of benzene rings is 10. The summed E-state index contributed by atoms with van der Waals surface area (Å²) in [6.07, 6.45) is 0. The second kappa shape index (κ2) is 15.2. The zero-order valence-corrected chi connectivity index (χ0v) is 35.6. The molecule has 2 nitrogen and oxygen atoms in total. The van der Waals surface area contributed by atoms with E-state index in [2.05, 4.69) is 264 Å². The standard InChI is InChI=1S/C60H42N2Si/c1-6-22-43(23-7-1)45-26-20-27-46(42-45)61-55-37-19-17-35-53(55)58-56(61)38-21-39-57(58)62-54-36-18-16-34-51(54)52-41-40-50(44-24-8-2-9-25-44)60(59(52)62)63(47-28-10-3-11-29-47,48-30-12-4-13-31-48)49-32-14-5-15-33-49/h1-42H. The van der Waals surface area contributed by atoms with Crippen molar-refractivity contribution < 1.29 is 0 Å². The normalized spacial score (nSPS) is 11.8. The van der Waals surface area contributed by atoms with E-state index in [4.69, 9.17) is 0 Å². The monoisotopic (exact) mass is 818 g/mol. The first-order chi connectivity index (χ1) is 31.3. The summed E-state index contributed by atoms with van der Waals surface area (Å²) in [5.41, 5.74) is 11.9. The Morgan fingerprint density at radius 1 is 0.302 bits per heavy atom. The van der Waals surface area contributed by atoms with E-state index < -0.39 is 8.07 Å². The molecule has 0 aliphatic rings. The van der Waals surface area contributed by atoms with Crippen LogP contribution in [0.15, 0.2) is 255 Å². The predicted octanol–water partition coefficient (Wildman–Crippen LogP) is 12.6. The van der Waals surface area contributed by atoms with Crippen molar-refractivity contribution in [2.24, 2.45) is 0 Å². The molecule has 12 aromatic rings. The van der Waals surface area contributed by atoms with Crippen molar-refractivity contribution in [2.75, 3.05) is 0 Å². The molecule has 0 unspecified atom stereocenters. The molecule has 2 aromatic heterocycles. The lowest BCUT2D eigenvalue weighted by molar-refractivity contribution is 1.17. The summed E-state index contributed by atoms with van der Waals surface area (Å²) in [5, 5.41) is 10.3. The molecule has 3 heteroatoms. The lowest BCUT2D eigenvalue weighted by Crippen LogP contribution is -2.75. The van der Waals surface area contributed by atoms with Crippen molar-refractivity contribution >= 4 is 72.4 Å². The van der Waals surface area contributed by atoms with Crippen LogP contribution >= 0.6 is 0 Å². The van der Waals surface area contributed by atoms with E-state index in [0.717, 1.165) is 11.4 Å². The summed E-state index contributed by atoms with van der Waals surface area (Å²) in [6, 6.07) is 94.5. The lowest BCUT2D eigenvalue weighted by Gasteiger charge is -2.37. The molecule has 0 aliphatic heterocycles. The molecule has 0 saturated heterocycles. The van der Waals surface area contributed by atoms with Gasteiger partial charge in [0.05, 0.1) is 27.8 Å². The number of para-hydroxylation sites is 2. The van der Waals surface area contributed by atoms with Crippen LogP contribution in [0.4, 0.5) is 0 Å². The molecule has 63 heavy (non-hydrogen) atoms. The van der Waals surface area contributed by atoms with E-state index >= 15 is 0 Å². The van der Waals surface area contributed by atoms with E-state index in [1.54, 1.807) is 0 Å². The van der Waals surface area contributed by atoms with E-state index in [-0.39, 0.29) is 0 Å². The van der Waals surface area contributed by atoms with Crippen molar-refractivity contribution in [2.45, 2.75) is 0 Å². The molecule has 0 spiro atoms. The van der Waals surface area contributed by atoms with Gasteiger partial charge in [0.1, 0.15) is 0 Å². The maximum absolute atomic E-state index is 3.15. The molecule has 0 bridgehead atoms. The SMILES string of the molecule is c1ccc(-c2cccc(-n3c4ccccc4c4c(-n5c6ccccc6c6ccc(-c7ccccc7)c([Si](c7ccccc7)(c7ccccc7)c7ccccc7)c65)cccc43)c2)cc1. The highest BCUT2D eigenvalue weighted by molar-refractivity contribution is 7.21. The summed E-state index contributed by atoms with van der Waals surface area (Å²) in [5.74, 6) is 0. The molecule has 0 amide bonds. The van der Waals surface area contributed by atoms with Crippen LogP contribution in [0.5, 0.6) is 0 Å². The third kappa shape index (κ3) is 5.78. The maximum Gasteiger partial charge on any atom is 0.182 e. The Morgan fingerprint density at radius 2 is 0.778 bits per heavy atom. The van der Waals surface area contributed by atoms with Crippen LogP contribution in [-0.2, 0) is 0 Å². The lowest BCUT2D eigenvalue weighted by atomic mass is 10.0. The van der Waals surface area contributed by atoms with Crippen LogP contribution in [0.25, 0.3) is 77.2 Å². The molecule has 10 aromatic carbocycles. The average Bonchev–Trinajstić information content (AvgIpc) is 3.89. The van der Waals surface area contributed by atoms with Gasteiger partial charge in [-0.3, -0.25) is 0 Å². The summed E-state index contributed by atoms with van der Waals surface area (Å²) in [6.45, 7) is 0. The topological polar surface area (TPSA) is 9.86 Å². The van der Waals surface area contributed by atoms with Gasteiger partial charge in [0.25, 0.3) is 0 Å². The van der Waals surface area contributed by atoms with Crippen LogP contribution in [-0.4, -0.2) is 17.2 Å². The molecule has 0 atom stereocenters. The molecular weight excluding hydrogens is 777 g/mol. The fourth-order valence-electron chi connectivity index (χ4n) is 10.5. The number of nitrogens with zero attached hydrogens (tertiary/aromatic N) is 2. The molecule has 0 radical (unpaired) electrons. The fraction of sp³-hybridized carbons (Fsp3) is 0. The van der Waals surface area contributed by atoms with Crippen LogP contribution in [0.1, 0.15) is 0 Å².